The second-order valence-electron chi connectivity index (χ2n) is 7.10. The van der Waals surface area contributed by atoms with Crippen LogP contribution in [0.3, 0.4) is 0 Å². The van der Waals surface area contributed by atoms with Crippen molar-refractivity contribution >= 4 is 29.5 Å². The fraction of sp³-hybridized carbons (Fsp3) is 0.273. The second kappa shape index (κ2) is 7.37. The quantitative estimate of drug-likeness (QED) is 0.821. The van der Waals surface area contributed by atoms with Gasteiger partial charge in [0.1, 0.15) is 0 Å². The first kappa shape index (κ1) is 17.5. The Balaban J connectivity index is 1.65. The van der Waals surface area contributed by atoms with Crippen LogP contribution in [-0.2, 0) is 0 Å². The third-order valence-corrected chi connectivity index (χ3v) is 5.02. The minimum absolute atomic E-state index is 0.790. The number of hydrogen-bond acceptors (Lipinski definition) is 5. The Hall–Kier alpha value is -2.92. The van der Waals surface area contributed by atoms with Gasteiger partial charge in [-0.3, -0.25) is 5.01 Å². The van der Waals surface area contributed by atoms with Crippen LogP contribution < -0.4 is 21.2 Å². The molecule has 0 saturated heterocycles. The number of aliphatic imine (C=N–C) groups is 1. The van der Waals surface area contributed by atoms with Crippen molar-refractivity contribution in [2.24, 2.45) is 4.99 Å². The van der Waals surface area contributed by atoms with Crippen LogP contribution in [-0.4, -0.2) is 35.8 Å². The van der Waals surface area contributed by atoms with Crippen molar-refractivity contribution in [1.82, 2.24) is 20.7 Å². The molecule has 1 aromatic heterocycles. The zero-order valence-electron chi connectivity index (χ0n) is 16.1. The van der Waals surface area contributed by atoms with Crippen LogP contribution in [0.1, 0.15) is 30.0 Å². The van der Waals surface area contributed by atoms with E-state index in [2.05, 4.69) is 59.2 Å². The number of aryl methyl sites for hydroxylation is 1. The van der Waals surface area contributed by atoms with Crippen LogP contribution in [0.5, 0.6) is 0 Å². The van der Waals surface area contributed by atoms with Gasteiger partial charge in [0, 0.05) is 48.3 Å². The number of nitrogens with one attached hydrogen (secondary N) is 2. The number of aromatic nitrogens is 1. The standard InChI is InChI=1S/C22H25N5/c1-15-10-20(17-6-8-23-9-7-17)12-24-22(15)26-16(2)18-4-5-19-13-25-27(3)14-21(19)11-18/h4-6,10-14,23,25H,7-9H2,1-3H3. The Bertz CT molecular complexity index is 1050. The van der Waals surface area contributed by atoms with E-state index >= 15 is 0 Å². The van der Waals surface area contributed by atoms with E-state index in [4.69, 9.17) is 4.99 Å². The Kier molecular flexibility index (Phi) is 4.77. The number of fused-ring (bicyclic) bond motifs is 1. The molecule has 2 N–H and O–H groups in total. The number of nitrogens with zero attached hydrogens (tertiary/aromatic N) is 3. The topological polar surface area (TPSA) is 52.6 Å². The summed E-state index contributed by atoms with van der Waals surface area (Å²) in [6.07, 6.45) is 9.34. The summed E-state index contributed by atoms with van der Waals surface area (Å²) in [7, 11) is 1.99. The number of hydrazine groups is 1. The maximum Gasteiger partial charge on any atom is 0.155 e. The van der Waals surface area contributed by atoms with E-state index in [1.165, 1.54) is 21.6 Å². The first-order valence-electron chi connectivity index (χ1n) is 9.34. The third-order valence-electron chi connectivity index (χ3n) is 5.02. The molecular formula is C22H25N5. The van der Waals surface area contributed by atoms with Gasteiger partial charge in [-0.25, -0.2) is 9.98 Å². The van der Waals surface area contributed by atoms with Gasteiger partial charge in [0.2, 0.25) is 0 Å². The molecule has 0 radical (unpaired) electrons. The fourth-order valence-electron chi connectivity index (χ4n) is 3.43. The Morgan fingerprint density at radius 2 is 2.11 bits per heavy atom. The normalized spacial score (nSPS) is 16.6. The highest BCUT2D eigenvalue weighted by molar-refractivity contribution is 6.00. The summed E-state index contributed by atoms with van der Waals surface area (Å²) in [5.74, 6) is 0.790. The van der Waals surface area contributed by atoms with Crippen molar-refractivity contribution < 1.29 is 0 Å². The maximum absolute atomic E-state index is 4.80. The molecule has 2 aliphatic heterocycles. The van der Waals surface area contributed by atoms with Crippen molar-refractivity contribution in [3.63, 3.8) is 0 Å². The molecule has 0 atom stereocenters. The van der Waals surface area contributed by atoms with Gasteiger partial charge in [0.05, 0.1) is 0 Å². The first-order valence-corrected chi connectivity index (χ1v) is 9.34. The van der Waals surface area contributed by atoms with E-state index < -0.39 is 0 Å². The van der Waals surface area contributed by atoms with Crippen molar-refractivity contribution in [1.29, 1.82) is 0 Å². The van der Waals surface area contributed by atoms with Crippen molar-refractivity contribution in [3.8, 4) is 0 Å². The minimum Gasteiger partial charge on any atom is -0.313 e. The average molecular weight is 359 g/mol. The summed E-state index contributed by atoms with van der Waals surface area (Å²) >= 11 is 0. The van der Waals surface area contributed by atoms with Gasteiger partial charge in [-0.1, -0.05) is 18.2 Å². The van der Waals surface area contributed by atoms with Gasteiger partial charge in [-0.15, -0.1) is 0 Å². The summed E-state index contributed by atoms with van der Waals surface area (Å²) < 4.78 is 0. The van der Waals surface area contributed by atoms with Gasteiger partial charge in [0.15, 0.2) is 5.82 Å². The SMILES string of the molecule is CC(=Nc1ncc(C2=CCNCC2)cc1C)c1ccc2c(c1)=CN(C)NC=2. The van der Waals surface area contributed by atoms with E-state index in [1.54, 1.807) is 0 Å². The number of pyridine rings is 1. The Labute approximate surface area is 159 Å². The van der Waals surface area contributed by atoms with Crippen LogP contribution in [0, 0.1) is 6.92 Å². The Morgan fingerprint density at radius 1 is 1.22 bits per heavy atom. The molecule has 138 valence electrons. The van der Waals surface area contributed by atoms with Crippen molar-refractivity contribution in [3.05, 3.63) is 63.7 Å². The van der Waals surface area contributed by atoms with E-state index in [-0.39, 0.29) is 0 Å². The van der Waals surface area contributed by atoms with Crippen LogP contribution in [0.25, 0.3) is 18.0 Å². The zero-order chi connectivity index (χ0) is 18.8. The lowest BCUT2D eigenvalue weighted by Crippen LogP contribution is -2.40. The van der Waals surface area contributed by atoms with Crippen LogP contribution in [0.4, 0.5) is 5.82 Å². The van der Waals surface area contributed by atoms with E-state index in [0.717, 1.165) is 42.2 Å². The molecule has 0 amide bonds. The number of hydrogen-bond donors (Lipinski definition) is 2. The predicted octanol–water partition coefficient (Wildman–Crippen LogP) is 1.83. The van der Waals surface area contributed by atoms with Gasteiger partial charge in [-0.05, 0) is 61.2 Å². The molecular weight excluding hydrogens is 334 g/mol. The van der Waals surface area contributed by atoms with Crippen LogP contribution in [0.15, 0.2) is 41.5 Å². The van der Waals surface area contributed by atoms with Gasteiger partial charge in [-0.2, -0.15) is 0 Å². The second-order valence-corrected chi connectivity index (χ2v) is 7.10. The van der Waals surface area contributed by atoms with E-state index in [1.807, 2.05) is 31.4 Å². The molecule has 2 aliphatic rings. The monoisotopic (exact) mass is 359 g/mol. The molecule has 3 heterocycles. The molecule has 0 fully saturated rings. The summed E-state index contributed by atoms with van der Waals surface area (Å²) in [5.41, 5.74) is 8.94. The molecule has 5 nitrogen and oxygen atoms in total. The molecule has 0 bridgehead atoms. The molecule has 27 heavy (non-hydrogen) atoms. The average Bonchev–Trinajstić information content (AvgIpc) is 2.69. The van der Waals surface area contributed by atoms with Crippen LogP contribution >= 0.6 is 0 Å². The van der Waals surface area contributed by atoms with E-state index in [0.29, 0.717) is 0 Å². The highest BCUT2D eigenvalue weighted by Gasteiger charge is 2.09. The molecule has 0 unspecified atom stereocenters. The molecule has 0 aliphatic carbocycles. The minimum atomic E-state index is 0.790. The summed E-state index contributed by atoms with van der Waals surface area (Å²) in [6, 6.07) is 8.60. The lowest BCUT2D eigenvalue weighted by molar-refractivity contribution is 0.439. The van der Waals surface area contributed by atoms with Gasteiger partial charge in [0.25, 0.3) is 0 Å². The van der Waals surface area contributed by atoms with Crippen LogP contribution in [0.2, 0.25) is 0 Å². The predicted molar refractivity (Wildman–Crippen MR) is 112 cm³/mol. The molecule has 1 aromatic carbocycles. The maximum atomic E-state index is 4.80. The van der Waals surface area contributed by atoms with Gasteiger partial charge < -0.3 is 10.7 Å². The molecule has 0 saturated carbocycles. The highest BCUT2D eigenvalue weighted by Crippen LogP contribution is 2.24. The lowest BCUT2D eigenvalue weighted by atomic mass is 10.0. The van der Waals surface area contributed by atoms with Crippen molar-refractivity contribution in [2.45, 2.75) is 20.3 Å². The zero-order valence-corrected chi connectivity index (χ0v) is 16.1. The Morgan fingerprint density at radius 3 is 2.89 bits per heavy atom. The number of rotatable bonds is 3. The van der Waals surface area contributed by atoms with Crippen molar-refractivity contribution in [2.75, 3.05) is 20.1 Å². The third kappa shape index (κ3) is 3.78. The smallest absolute Gasteiger partial charge is 0.155 e. The largest absolute Gasteiger partial charge is 0.313 e. The fourth-order valence-corrected chi connectivity index (χ4v) is 3.43. The molecule has 0 spiro atoms. The number of benzene rings is 1. The molecule has 4 rings (SSSR count). The molecule has 2 aromatic rings. The van der Waals surface area contributed by atoms with E-state index in [9.17, 15) is 0 Å². The lowest BCUT2D eigenvalue weighted by Gasteiger charge is -2.17. The molecule has 5 heteroatoms. The summed E-state index contributed by atoms with van der Waals surface area (Å²) in [6.45, 7) is 6.09. The summed E-state index contributed by atoms with van der Waals surface area (Å²) in [4.78, 5) is 9.44. The summed E-state index contributed by atoms with van der Waals surface area (Å²) in [5, 5.41) is 7.65. The highest BCUT2D eigenvalue weighted by atomic mass is 15.5. The first-order chi connectivity index (χ1) is 13.1. The van der Waals surface area contributed by atoms with Gasteiger partial charge >= 0.3 is 0 Å².